The van der Waals surface area contributed by atoms with Crippen molar-refractivity contribution in [2.45, 2.75) is 18.4 Å². The van der Waals surface area contributed by atoms with E-state index in [-0.39, 0.29) is 0 Å². The SMILES string of the molecule is [C-]#[N+]C([N+]#[C-])C(O)C([N+]#[C-])[N+]#[C-]. The second kappa shape index (κ2) is 4.69. The summed E-state index contributed by atoms with van der Waals surface area (Å²) in [6.45, 7) is 25.9. The number of aliphatic hydroxyl groups is 1. The van der Waals surface area contributed by atoms with Crippen molar-refractivity contribution in [3.8, 4) is 0 Å². The molecule has 5 heteroatoms. The lowest BCUT2D eigenvalue weighted by Gasteiger charge is -1.96. The molecule has 0 aliphatic heterocycles. The Labute approximate surface area is 70.1 Å². The molecule has 0 unspecified atom stereocenters. The van der Waals surface area contributed by atoms with E-state index in [9.17, 15) is 0 Å². The van der Waals surface area contributed by atoms with Crippen LogP contribution in [0.15, 0.2) is 0 Å². The van der Waals surface area contributed by atoms with Gasteiger partial charge in [-0.3, -0.25) is 0 Å². The Balaban J connectivity index is 4.54. The second-order valence-corrected chi connectivity index (χ2v) is 1.83. The summed E-state index contributed by atoms with van der Waals surface area (Å²) in [4.78, 5) is 11.1. The van der Waals surface area contributed by atoms with Gasteiger partial charge in [0.15, 0.2) is 0 Å². The van der Waals surface area contributed by atoms with Crippen LogP contribution < -0.4 is 0 Å². The van der Waals surface area contributed by atoms with Gasteiger partial charge in [-0.05, 0) is 0 Å². The van der Waals surface area contributed by atoms with E-state index in [0.29, 0.717) is 0 Å². The zero-order valence-corrected chi connectivity index (χ0v) is 5.97. The van der Waals surface area contributed by atoms with E-state index in [2.05, 4.69) is 19.4 Å². The van der Waals surface area contributed by atoms with Crippen LogP contribution in [0.1, 0.15) is 0 Å². The minimum Gasteiger partial charge on any atom is -0.365 e. The molecule has 58 valence electrons. The van der Waals surface area contributed by atoms with Gasteiger partial charge in [-0.25, -0.2) is 45.7 Å². The molecule has 0 saturated carbocycles. The van der Waals surface area contributed by atoms with Crippen LogP contribution in [0.5, 0.6) is 0 Å². The molecule has 1 N–H and O–H groups in total. The molecule has 0 amide bonds. The first-order chi connectivity index (χ1) is 5.71. The highest BCUT2D eigenvalue weighted by Crippen LogP contribution is 2.09. The summed E-state index contributed by atoms with van der Waals surface area (Å²) < 4.78 is 0. The fourth-order valence-electron chi connectivity index (χ4n) is 0.517. The number of aliphatic hydroxyl groups excluding tert-OH is 1. The molecule has 5 nitrogen and oxygen atoms in total. The van der Waals surface area contributed by atoms with Crippen molar-refractivity contribution in [3.63, 3.8) is 0 Å². The maximum Gasteiger partial charge on any atom is 0.518 e. The van der Waals surface area contributed by atoms with Gasteiger partial charge in [-0.1, -0.05) is 0 Å². The topological polar surface area (TPSA) is 37.7 Å². The maximum absolute atomic E-state index is 9.11. The van der Waals surface area contributed by atoms with Crippen molar-refractivity contribution >= 4 is 0 Å². The Morgan fingerprint density at radius 3 is 1.17 bits per heavy atom. The summed E-state index contributed by atoms with van der Waals surface area (Å²) in [6.07, 6.45) is -4.16. The number of hydrogen-bond donors (Lipinski definition) is 1. The van der Waals surface area contributed by atoms with Crippen molar-refractivity contribution in [1.29, 1.82) is 0 Å². The second-order valence-electron chi connectivity index (χ2n) is 1.83. The lowest BCUT2D eigenvalue weighted by Crippen LogP contribution is -2.29. The summed E-state index contributed by atoms with van der Waals surface area (Å²) in [5.74, 6) is 0. The molecule has 0 spiro atoms. The van der Waals surface area contributed by atoms with E-state index in [1.54, 1.807) is 0 Å². The van der Waals surface area contributed by atoms with Crippen molar-refractivity contribution in [1.82, 2.24) is 0 Å². The molecule has 0 fully saturated rings. The predicted molar refractivity (Wildman–Crippen MR) is 40.0 cm³/mol. The number of rotatable bonds is 2. The van der Waals surface area contributed by atoms with Crippen LogP contribution in [0.4, 0.5) is 0 Å². The van der Waals surface area contributed by atoms with E-state index in [4.69, 9.17) is 31.4 Å². The third-order valence-corrected chi connectivity index (χ3v) is 1.14. The Morgan fingerprint density at radius 2 is 1.00 bits per heavy atom. The van der Waals surface area contributed by atoms with Crippen LogP contribution in [-0.2, 0) is 0 Å². The van der Waals surface area contributed by atoms with Gasteiger partial charge in [0.1, 0.15) is 0 Å². The van der Waals surface area contributed by atoms with Gasteiger partial charge in [0.2, 0.25) is 0 Å². The Morgan fingerprint density at radius 1 is 0.750 bits per heavy atom. The average Bonchev–Trinajstić information content (AvgIpc) is 2.09. The summed E-state index contributed by atoms with van der Waals surface area (Å²) in [7, 11) is 0. The molecule has 0 aromatic heterocycles. The summed E-state index contributed by atoms with van der Waals surface area (Å²) in [5.41, 5.74) is 0. The highest BCUT2D eigenvalue weighted by atomic mass is 16.3. The minimum atomic E-state index is -1.49. The fourth-order valence-corrected chi connectivity index (χ4v) is 0.517. The quantitative estimate of drug-likeness (QED) is 0.592. The van der Waals surface area contributed by atoms with Crippen LogP contribution in [0.2, 0.25) is 0 Å². The fraction of sp³-hybridized carbons (Fsp3) is 0.429. The van der Waals surface area contributed by atoms with Crippen molar-refractivity contribution in [2.24, 2.45) is 0 Å². The van der Waals surface area contributed by atoms with Gasteiger partial charge in [-0.15, -0.1) is 0 Å². The summed E-state index contributed by atoms with van der Waals surface area (Å²) >= 11 is 0. The normalized spacial score (nSPS) is 8.67. The highest BCUT2D eigenvalue weighted by Gasteiger charge is 2.46. The van der Waals surface area contributed by atoms with Gasteiger partial charge in [0.25, 0.3) is 0 Å². The molecule has 0 saturated heterocycles. The van der Waals surface area contributed by atoms with Crippen LogP contribution >= 0.6 is 0 Å². The maximum atomic E-state index is 9.11. The van der Waals surface area contributed by atoms with E-state index < -0.39 is 18.4 Å². The monoisotopic (exact) mass is 160 g/mol. The molecule has 0 heterocycles. The van der Waals surface area contributed by atoms with E-state index in [1.165, 1.54) is 0 Å². The van der Waals surface area contributed by atoms with Crippen molar-refractivity contribution < 1.29 is 5.11 Å². The largest absolute Gasteiger partial charge is 0.518 e. The third-order valence-electron chi connectivity index (χ3n) is 1.14. The van der Waals surface area contributed by atoms with Gasteiger partial charge in [0.05, 0.1) is 0 Å². The number of nitrogens with zero attached hydrogens (tertiary/aromatic N) is 4. The first kappa shape index (κ1) is 9.92. The zero-order chi connectivity index (χ0) is 9.56. The molecule has 0 aromatic rings. The highest BCUT2D eigenvalue weighted by molar-refractivity contribution is 5.04. The number of hydrogen-bond acceptors (Lipinski definition) is 1. The Kier molecular flexibility index (Phi) is 3.88. The molecule has 0 aromatic carbocycles. The molecule has 0 rings (SSSR count). The van der Waals surface area contributed by atoms with Gasteiger partial charge in [0, 0.05) is 0 Å². The summed E-state index contributed by atoms with van der Waals surface area (Å²) in [5, 5.41) is 9.11. The molecular weight excluding hydrogens is 156 g/mol. The minimum absolute atomic E-state index is 1.33. The predicted octanol–water partition coefficient (Wildman–Crippen LogP) is 0.677. The van der Waals surface area contributed by atoms with Crippen molar-refractivity contribution in [2.75, 3.05) is 0 Å². The molecule has 0 aliphatic carbocycles. The smallest absolute Gasteiger partial charge is 0.365 e. The summed E-state index contributed by atoms with van der Waals surface area (Å²) in [6, 6.07) is 0. The average molecular weight is 160 g/mol. The van der Waals surface area contributed by atoms with Crippen molar-refractivity contribution in [3.05, 3.63) is 45.7 Å². The lowest BCUT2D eigenvalue weighted by atomic mass is 10.2. The molecule has 0 bridgehead atoms. The van der Waals surface area contributed by atoms with Crippen LogP contribution in [-0.4, -0.2) is 23.5 Å². The van der Waals surface area contributed by atoms with Gasteiger partial charge >= 0.3 is 18.4 Å². The van der Waals surface area contributed by atoms with E-state index >= 15 is 0 Å². The molecule has 0 radical (unpaired) electrons. The molecule has 0 atom stereocenters. The Bertz CT molecular complexity index is 250. The first-order valence-electron chi connectivity index (χ1n) is 2.85. The van der Waals surface area contributed by atoms with Crippen LogP contribution in [0.25, 0.3) is 19.4 Å². The zero-order valence-electron chi connectivity index (χ0n) is 5.97. The van der Waals surface area contributed by atoms with E-state index in [0.717, 1.165) is 0 Å². The lowest BCUT2D eigenvalue weighted by molar-refractivity contribution is 0.167. The molecule has 12 heavy (non-hydrogen) atoms. The first-order valence-corrected chi connectivity index (χ1v) is 2.85. The van der Waals surface area contributed by atoms with Gasteiger partial charge in [-0.2, -0.15) is 0 Å². The standard InChI is InChI=1S/C7H4N4O/c1-8-6(9-2)5(12)7(10-3)11-4/h5-7,12H. The van der Waals surface area contributed by atoms with Gasteiger partial charge < -0.3 is 5.11 Å². The van der Waals surface area contributed by atoms with Crippen LogP contribution in [0.3, 0.4) is 0 Å². The molecular formula is C7H4N4O. The molecule has 0 aliphatic rings. The van der Waals surface area contributed by atoms with E-state index in [1.807, 2.05) is 0 Å². The van der Waals surface area contributed by atoms with Crippen LogP contribution in [0, 0.1) is 26.3 Å². The third kappa shape index (κ3) is 1.96. The Hall–Kier alpha value is -2.08.